The molecule has 0 aromatic heterocycles. The van der Waals surface area contributed by atoms with Crippen molar-refractivity contribution in [3.63, 3.8) is 0 Å². The molecular weight excluding hydrogens is 322 g/mol. The average Bonchev–Trinajstić information content (AvgIpc) is 2.56. The quantitative estimate of drug-likeness (QED) is 0.577. The number of esters is 2. The minimum absolute atomic E-state index is 0.0368. The van der Waals surface area contributed by atoms with Crippen LogP contribution >= 0.6 is 0 Å². The molecule has 136 valence electrons. The summed E-state index contributed by atoms with van der Waals surface area (Å²) in [6, 6.07) is 8.77. The third-order valence-corrected chi connectivity index (χ3v) is 3.14. The number of hydrogen-bond donors (Lipinski definition) is 1. The predicted octanol–water partition coefficient (Wildman–Crippen LogP) is 2.55. The summed E-state index contributed by atoms with van der Waals surface area (Å²) < 4.78 is 10.0. The second kappa shape index (κ2) is 10.3. The van der Waals surface area contributed by atoms with Crippen LogP contribution in [0.5, 0.6) is 0 Å². The topological polar surface area (TPSA) is 81.7 Å². The van der Waals surface area contributed by atoms with E-state index in [2.05, 4.69) is 5.32 Å². The first-order chi connectivity index (χ1) is 11.8. The van der Waals surface area contributed by atoms with E-state index < -0.39 is 18.0 Å². The van der Waals surface area contributed by atoms with Crippen LogP contribution in [0.2, 0.25) is 0 Å². The highest BCUT2D eigenvalue weighted by Gasteiger charge is 2.18. The van der Waals surface area contributed by atoms with Gasteiger partial charge in [-0.1, -0.05) is 44.2 Å². The number of amides is 1. The standard InChI is InChI=1S/C19H25NO5/c1-13(2)19(23)20-16(15-8-6-5-7-9-15)12-24-17(21)10-11-18(22)25-14(3)4/h5-11,13-14,16H,12H2,1-4H3,(H,20,23)/t16-/m0/s1. The molecule has 0 heterocycles. The number of nitrogens with one attached hydrogen (secondary N) is 1. The third kappa shape index (κ3) is 8.15. The van der Waals surface area contributed by atoms with Crippen LogP contribution in [0, 0.1) is 5.92 Å². The highest BCUT2D eigenvalue weighted by atomic mass is 16.5. The highest BCUT2D eigenvalue weighted by Crippen LogP contribution is 2.14. The molecular formula is C19H25NO5. The summed E-state index contributed by atoms with van der Waals surface area (Å²) in [6.07, 6.45) is 1.77. The van der Waals surface area contributed by atoms with E-state index in [0.29, 0.717) is 0 Å². The minimum Gasteiger partial charge on any atom is -0.460 e. The van der Waals surface area contributed by atoms with E-state index in [1.807, 2.05) is 30.3 Å². The maximum atomic E-state index is 12.0. The van der Waals surface area contributed by atoms with Crippen molar-refractivity contribution in [2.45, 2.75) is 39.8 Å². The molecule has 1 N–H and O–H groups in total. The van der Waals surface area contributed by atoms with E-state index in [-0.39, 0.29) is 24.5 Å². The van der Waals surface area contributed by atoms with Crippen LogP contribution < -0.4 is 5.32 Å². The van der Waals surface area contributed by atoms with Gasteiger partial charge in [-0.2, -0.15) is 0 Å². The Morgan fingerprint density at radius 2 is 1.60 bits per heavy atom. The average molecular weight is 347 g/mol. The zero-order chi connectivity index (χ0) is 18.8. The van der Waals surface area contributed by atoms with Crippen molar-refractivity contribution < 1.29 is 23.9 Å². The van der Waals surface area contributed by atoms with Crippen molar-refractivity contribution in [1.82, 2.24) is 5.32 Å². The van der Waals surface area contributed by atoms with Crippen molar-refractivity contribution in [3.8, 4) is 0 Å². The van der Waals surface area contributed by atoms with Crippen LogP contribution in [0.3, 0.4) is 0 Å². The maximum absolute atomic E-state index is 12.0. The molecule has 0 unspecified atom stereocenters. The van der Waals surface area contributed by atoms with Crippen LogP contribution in [0.1, 0.15) is 39.3 Å². The lowest BCUT2D eigenvalue weighted by atomic mass is 10.1. The van der Waals surface area contributed by atoms with Gasteiger partial charge in [0.2, 0.25) is 5.91 Å². The Morgan fingerprint density at radius 1 is 1.00 bits per heavy atom. The van der Waals surface area contributed by atoms with Crippen molar-refractivity contribution in [3.05, 3.63) is 48.0 Å². The summed E-state index contributed by atoms with van der Waals surface area (Å²) in [5.74, 6) is -1.62. The van der Waals surface area contributed by atoms with Gasteiger partial charge >= 0.3 is 11.9 Å². The molecule has 6 nitrogen and oxygen atoms in total. The van der Waals surface area contributed by atoms with Gasteiger partial charge in [-0.25, -0.2) is 9.59 Å². The molecule has 1 amide bonds. The molecule has 1 aromatic rings. The van der Waals surface area contributed by atoms with Gasteiger partial charge in [-0.05, 0) is 19.4 Å². The fourth-order valence-corrected chi connectivity index (χ4v) is 1.87. The van der Waals surface area contributed by atoms with Crippen LogP contribution in [0.25, 0.3) is 0 Å². The normalized spacial score (nSPS) is 12.2. The Hall–Kier alpha value is -2.63. The summed E-state index contributed by atoms with van der Waals surface area (Å²) in [6.45, 7) is 6.96. The molecule has 0 saturated heterocycles. The van der Waals surface area contributed by atoms with Gasteiger partial charge in [0.15, 0.2) is 0 Å². The zero-order valence-corrected chi connectivity index (χ0v) is 15.0. The molecule has 0 aliphatic carbocycles. The SMILES string of the molecule is CC(C)OC(=O)C=CC(=O)OC[C@H](NC(=O)C(C)C)c1ccccc1. The Bertz CT molecular complexity index is 608. The Morgan fingerprint density at radius 3 is 2.16 bits per heavy atom. The molecule has 25 heavy (non-hydrogen) atoms. The second-order valence-electron chi connectivity index (χ2n) is 6.08. The van der Waals surface area contributed by atoms with Gasteiger partial charge < -0.3 is 14.8 Å². The number of carbonyl (C=O) groups is 3. The lowest BCUT2D eigenvalue weighted by molar-refractivity contribution is -0.143. The Labute approximate surface area is 148 Å². The number of carbonyl (C=O) groups excluding carboxylic acids is 3. The van der Waals surface area contributed by atoms with Crippen molar-refractivity contribution in [2.75, 3.05) is 6.61 Å². The monoisotopic (exact) mass is 347 g/mol. The minimum atomic E-state index is -0.680. The first kappa shape index (κ1) is 20.4. The fourth-order valence-electron chi connectivity index (χ4n) is 1.87. The van der Waals surface area contributed by atoms with Gasteiger partial charge in [0.25, 0.3) is 0 Å². The zero-order valence-electron chi connectivity index (χ0n) is 15.0. The number of benzene rings is 1. The molecule has 1 aromatic carbocycles. The molecule has 0 fully saturated rings. The Balaban J connectivity index is 2.66. The second-order valence-corrected chi connectivity index (χ2v) is 6.08. The van der Waals surface area contributed by atoms with Gasteiger partial charge in [-0.3, -0.25) is 4.79 Å². The Kier molecular flexibility index (Phi) is 8.39. The van der Waals surface area contributed by atoms with Crippen molar-refractivity contribution >= 4 is 17.8 Å². The van der Waals surface area contributed by atoms with E-state index in [0.717, 1.165) is 17.7 Å². The number of ether oxygens (including phenoxy) is 2. The molecule has 0 aliphatic rings. The van der Waals surface area contributed by atoms with Gasteiger partial charge in [0, 0.05) is 18.1 Å². The number of rotatable bonds is 8. The van der Waals surface area contributed by atoms with Gasteiger partial charge in [0.1, 0.15) is 6.61 Å². The maximum Gasteiger partial charge on any atom is 0.331 e. The van der Waals surface area contributed by atoms with E-state index in [1.54, 1.807) is 27.7 Å². The van der Waals surface area contributed by atoms with E-state index >= 15 is 0 Å². The molecule has 0 saturated carbocycles. The summed E-state index contributed by atoms with van der Waals surface area (Å²) in [5, 5.41) is 2.85. The van der Waals surface area contributed by atoms with E-state index in [4.69, 9.17) is 9.47 Å². The van der Waals surface area contributed by atoms with E-state index in [1.165, 1.54) is 0 Å². The van der Waals surface area contributed by atoms with Gasteiger partial charge in [0.05, 0.1) is 12.1 Å². The lowest BCUT2D eigenvalue weighted by Crippen LogP contribution is -2.34. The smallest absolute Gasteiger partial charge is 0.331 e. The first-order valence-electron chi connectivity index (χ1n) is 8.20. The summed E-state index contributed by atoms with van der Waals surface area (Å²) in [5.41, 5.74) is 0.826. The van der Waals surface area contributed by atoms with Crippen LogP contribution in [-0.2, 0) is 23.9 Å². The summed E-state index contributed by atoms with van der Waals surface area (Å²) >= 11 is 0. The molecule has 0 aliphatic heterocycles. The molecule has 0 spiro atoms. The largest absolute Gasteiger partial charge is 0.460 e. The molecule has 0 bridgehead atoms. The number of hydrogen-bond acceptors (Lipinski definition) is 5. The van der Waals surface area contributed by atoms with Crippen LogP contribution in [0.15, 0.2) is 42.5 Å². The predicted molar refractivity (Wildman–Crippen MR) is 93.5 cm³/mol. The lowest BCUT2D eigenvalue weighted by Gasteiger charge is -2.20. The summed E-state index contributed by atoms with van der Waals surface area (Å²) in [7, 11) is 0. The molecule has 6 heteroatoms. The van der Waals surface area contributed by atoms with Crippen molar-refractivity contribution in [2.24, 2.45) is 5.92 Å². The fraction of sp³-hybridized carbons (Fsp3) is 0.421. The first-order valence-corrected chi connectivity index (χ1v) is 8.20. The highest BCUT2D eigenvalue weighted by molar-refractivity contribution is 5.91. The van der Waals surface area contributed by atoms with E-state index in [9.17, 15) is 14.4 Å². The van der Waals surface area contributed by atoms with Crippen LogP contribution in [-0.4, -0.2) is 30.6 Å². The third-order valence-electron chi connectivity index (χ3n) is 3.14. The molecule has 1 rings (SSSR count). The van der Waals surface area contributed by atoms with Crippen LogP contribution in [0.4, 0.5) is 0 Å². The van der Waals surface area contributed by atoms with Crippen molar-refractivity contribution in [1.29, 1.82) is 0 Å². The molecule has 1 atom stereocenters. The van der Waals surface area contributed by atoms with Gasteiger partial charge in [-0.15, -0.1) is 0 Å². The molecule has 0 radical (unpaired) electrons. The summed E-state index contributed by atoms with van der Waals surface area (Å²) in [4.78, 5) is 35.1.